The number of aliphatic hydroxyl groups excluding tert-OH is 6. The van der Waals surface area contributed by atoms with Crippen molar-refractivity contribution in [2.45, 2.75) is 30.7 Å². The molecule has 9 heteroatoms. The van der Waals surface area contributed by atoms with Gasteiger partial charge in [0.2, 0.25) is 0 Å². The van der Waals surface area contributed by atoms with Crippen molar-refractivity contribution in [1.82, 2.24) is 0 Å². The highest BCUT2D eigenvalue weighted by atomic mass is 16.6. The van der Waals surface area contributed by atoms with E-state index in [1.54, 1.807) is 0 Å². The van der Waals surface area contributed by atoms with E-state index in [4.69, 9.17) is 30.6 Å². The Labute approximate surface area is 86.3 Å². The minimum absolute atomic E-state index is 0.0927. The van der Waals surface area contributed by atoms with Crippen molar-refractivity contribution in [3.05, 3.63) is 0 Å². The highest BCUT2D eigenvalue weighted by molar-refractivity contribution is 6.15. The van der Waals surface area contributed by atoms with Crippen LogP contribution in [0.25, 0.3) is 0 Å². The summed E-state index contributed by atoms with van der Waals surface area (Å²) in [5.74, 6) is 0. The molecule has 0 aromatic rings. The van der Waals surface area contributed by atoms with Crippen LogP contribution in [0.4, 0.5) is 0 Å². The Balaban J connectivity index is 4.22. The maximum absolute atomic E-state index is 9.18. The quantitative estimate of drug-likeness (QED) is 0.168. The van der Waals surface area contributed by atoms with Gasteiger partial charge in [-0.15, -0.1) is 0 Å². The molecule has 0 saturated carbocycles. The SMILES string of the molecule is O[B]OC(O)[C@H](O)[C@@H](O)[C@H](O)[C@H](O)CO. The second-order valence-electron chi connectivity index (χ2n) is 2.85. The predicted molar refractivity (Wildman–Crippen MR) is 46.2 cm³/mol. The van der Waals surface area contributed by atoms with Crippen molar-refractivity contribution in [3.8, 4) is 0 Å². The van der Waals surface area contributed by atoms with Gasteiger partial charge in [-0.1, -0.05) is 0 Å². The van der Waals surface area contributed by atoms with E-state index in [2.05, 4.69) is 4.65 Å². The molecular weight excluding hydrogens is 211 g/mol. The van der Waals surface area contributed by atoms with Crippen molar-refractivity contribution in [2.24, 2.45) is 0 Å². The molecule has 0 aliphatic carbocycles. The molecule has 0 aliphatic rings. The molecule has 15 heavy (non-hydrogen) atoms. The van der Waals surface area contributed by atoms with Gasteiger partial charge in [0, 0.05) is 0 Å². The topological polar surface area (TPSA) is 151 Å². The Kier molecular flexibility index (Phi) is 6.97. The summed E-state index contributed by atoms with van der Waals surface area (Å²) in [6, 6.07) is 0. The first kappa shape index (κ1) is 14.7. The van der Waals surface area contributed by atoms with E-state index in [0.717, 1.165) is 0 Å². The summed E-state index contributed by atoms with van der Waals surface area (Å²) in [6.07, 6.45) is -9.39. The van der Waals surface area contributed by atoms with Crippen molar-refractivity contribution in [3.63, 3.8) is 0 Å². The molecule has 0 bridgehead atoms. The van der Waals surface area contributed by atoms with Crippen LogP contribution >= 0.6 is 0 Å². The minimum Gasteiger partial charge on any atom is -0.429 e. The third-order valence-corrected chi connectivity index (χ3v) is 1.77. The van der Waals surface area contributed by atoms with E-state index in [9.17, 15) is 5.11 Å². The molecule has 5 atom stereocenters. The zero-order chi connectivity index (χ0) is 12.0. The fourth-order valence-corrected chi connectivity index (χ4v) is 0.849. The van der Waals surface area contributed by atoms with Crippen LogP contribution in [0.15, 0.2) is 0 Å². The minimum atomic E-state index is -1.97. The molecular formula is C6H14BO8. The Bertz CT molecular complexity index is 169. The van der Waals surface area contributed by atoms with Gasteiger partial charge in [-0.25, -0.2) is 0 Å². The van der Waals surface area contributed by atoms with Crippen LogP contribution in [0.2, 0.25) is 0 Å². The van der Waals surface area contributed by atoms with Gasteiger partial charge in [-0.2, -0.15) is 0 Å². The molecule has 7 N–H and O–H groups in total. The first-order valence-corrected chi connectivity index (χ1v) is 4.08. The maximum Gasteiger partial charge on any atom is 0.487 e. The lowest BCUT2D eigenvalue weighted by Crippen LogP contribution is -2.50. The first-order chi connectivity index (χ1) is 6.95. The smallest absolute Gasteiger partial charge is 0.429 e. The molecule has 0 fully saturated rings. The fraction of sp³-hybridized carbons (Fsp3) is 1.00. The fourth-order valence-electron chi connectivity index (χ4n) is 0.849. The van der Waals surface area contributed by atoms with Crippen LogP contribution in [-0.2, 0) is 4.65 Å². The van der Waals surface area contributed by atoms with E-state index >= 15 is 0 Å². The maximum atomic E-state index is 9.18. The molecule has 0 aromatic carbocycles. The summed E-state index contributed by atoms with van der Waals surface area (Å²) in [4.78, 5) is 0. The van der Waals surface area contributed by atoms with Gasteiger partial charge in [-0.05, 0) is 0 Å². The van der Waals surface area contributed by atoms with E-state index in [1.165, 1.54) is 0 Å². The largest absolute Gasteiger partial charge is 0.487 e. The van der Waals surface area contributed by atoms with E-state index in [-0.39, 0.29) is 7.69 Å². The van der Waals surface area contributed by atoms with Gasteiger partial charge < -0.3 is 40.3 Å². The molecule has 0 aromatic heterocycles. The molecule has 0 heterocycles. The molecule has 1 unspecified atom stereocenters. The van der Waals surface area contributed by atoms with Gasteiger partial charge in [0.05, 0.1) is 6.61 Å². The monoisotopic (exact) mass is 225 g/mol. The summed E-state index contributed by atoms with van der Waals surface area (Å²) in [6.45, 7) is -0.825. The second-order valence-corrected chi connectivity index (χ2v) is 2.85. The van der Waals surface area contributed by atoms with Gasteiger partial charge >= 0.3 is 7.69 Å². The molecule has 0 spiro atoms. The van der Waals surface area contributed by atoms with Gasteiger partial charge in [-0.3, -0.25) is 0 Å². The first-order valence-electron chi connectivity index (χ1n) is 4.08. The van der Waals surface area contributed by atoms with Gasteiger partial charge in [0.15, 0.2) is 6.29 Å². The van der Waals surface area contributed by atoms with Crippen LogP contribution in [0.3, 0.4) is 0 Å². The Morgan fingerprint density at radius 3 is 1.87 bits per heavy atom. The lowest BCUT2D eigenvalue weighted by Gasteiger charge is -2.27. The molecule has 0 amide bonds. The predicted octanol–water partition coefficient (Wildman–Crippen LogP) is -4.72. The average Bonchev–Trinajstić information content (AvgIpc) is 2.25. The second kappa shape index (κ2) is 7.09. The molecule has 0 saturated heterocycles. The van der Waals surface area contributed by atoms with Crippen LogP contribution in [0, 0.1) is 0 Å². The average molecular weight is 225 g/mol. The highest BCUT2D eigenvalue weighted by Gasteiger charge is 2.34. The van der Waals surface area contributed by atoms with Gasteiger partial charge in [0.1, 0.15) is 24.4 Å². The summed E-state index contributed by atoms with van der Waals surface area (Å²) in [5, 5.41) is 61.8. The molecule has 0 aliphatic heterocycles. The summed E-state index contributed by atoms with van der Waals surface area (Å²) in [5.41, 5.74) is 0. The zero-order valence-electron chi connectivity index (χ0n) is 7.71. The summed E-state index contributed by atoms with van der Waals surface area (Å²) in [7, 11) is 0.0927. The van der Waals surface area contributed by atoms with E-state index in [1.807, 2.05) is 0 Å². The Morgan fingerprint density at radius 1 is 0.933 bits per heavy atom. The van der Waals surface area contributed by atoms with Crippen LogP contribution in [0.1, 0.15) is 0 Å². The van der Waals surface area contributed by atoms with Crippen molar-refractivity contribution in [2.75, 3.05) is 6.61 Å². The molecule has 1 radical (unpaired) electrons. The number of hydrogen-bond acceptors (Lipinski definition) is 8. The van der Waals surface area contributed by atoms with Crippen LogP contribution in [-0.4, -0.2) is 80.7 Å². The van der Waals surface area contributed by atoms with Crippen molar-refractivity contribution < 1.29 is 40.3 Å². The number of hydrogen-bond donors (Lipinski definition) is 7. The van der Waals surface area contributed by atoms with Crippen LogP contribution in [0.5, 0.6) is 0 Å². The number of aliphatic hydroxyl groups is 6. The lowest BCUT2D eigenvalue weighted by molar-refractivity contribution is -0.183. The van der Waals surface area contributed by atoms with Crippen molar-refractivity contribution in [1.29, 1.82) is 0 Å². The Hall–Kier alpha value is -0.255. The highest BCUT2D eigenvalue weighted by Crippen LogP contribution is 2.08. The van der Waals surface area contributed by atoms with Gasteiger partial charge in [0.25, 0.3) is 0 Å². The zero-order valence-corrected chi connectivity index (χ0v) is 7.71. The summed E-state index contributed by atoms with van der Waals surface area (Å²) >= 11 is 0. The summed E-state index contributed by atoms with van der Waals surface area (Å²) < 4.78 is 4.01. The lowest BCUT2D eigenvalue weighted by atomic mass is 10.0. The molecule has 0 rings (SSSR count). The third kappa shape index (κ3) is 4.41. The standard InChI is InChI=1S/C6H14BO8/c8-1-2(9)3(10)4(11)5(12)6(13)15-7-14/h2-6,8-14H,1H2/t2-,3-,4+,5-,6?/m1/s1. The molecule has 89 valence electrons. The van der Waals surface area contributed by atoms with Crippen LogP contribution < -0.4 is 0 Å². The van der Waals surface area contributed by atoms with E-state index in [0.29, 0.717) is 0 Å². The Morgan fingerprint density at radius 2 is 1.47 bits per heavy atom. The number of rotatable bonds is 7. The normalized spacial score (nSPS) is 21.5. The van der Waals surface area contributed by atoms with E-state index < -0.39 is 37.3 Å². The van der Waals surface area contributed by atoms with Crippen molar-refractivity contribution >= 4 is 7.69 Å². The third-order valence-electron chi connectivity index (χ3n) is 1.77. The molecule has 8 nitrogen and oxygen atoms in total.